The molecule has 1 aromatic rings. The van der Waals surface area contributed by atoms with Crippen molar-refractivity contribution in [2.75, 3.05) is 23.5 Å². The van der Waals surface area contributed by atoms with Crippen LogP contribution < -0.4 is 16.0 Å². The number of hydrogen-bond donors (Lipinski definition) is 3. The highest BCUT2D eigenvalue weighted by Crippen LogP contribution is 2.15. The van der Waals surface area contributed by atoms with Crippen LogP contribution in [0.5, 0.6) is 0 Å². The predicted molar refractivity (Wildman–Crippen MR) is 93.1 cm³/mol. The SMILES string of the molecule is CSCCC(N)C(=O)O.O=C1CN(c2ccccc2)C(=S)N1. The summed E-state index contributed by atoms with van der Waals surface area (Å²) in [7, 11) is 0. The van der Waals surface area contributed by atoms with E-state index in [1.807, 2.05) is 36.6 Å². The van der Waals surface area contributed by atoms with Gasteiger partial charge in [0, 0.05) is 5.69 Å². The van der Waals surface area contributed by atoms with E-state index >= 15 is 0 Å². The third-order valence-corrected chi connectivity index (χ3v) is 3.78. The number of carboxylic acids is 1. The smallest absolute Gasteiger partial charge is 0.320 e. The van der Waals surface area contributed by atoms with Crippen LogP contribution in [-0.2, 0) is 9.59 Å². The lowest BCUT2D eigenvalue weighted by molar-refractivity contribution is -0.138. The molecule has 0 aromatic heterocycles. The van der Waals surface area contributed by atoms with Crippen molar-refractivity contribution < 1.29 is 14.7 Å². The largest absolute Gasteiger partial charge is 0.480 e. The van der Waals surface area contributed by atoms with Crippen LogP contribution in [0.3, 0.4) is 0 Å². The molecule has 0 radical (unpaired) electrons. The Kier molecular flexibility index (Phi) is 7.86. The number of thiocarbonyl (C=S) groups is 1. The molecule has 120 valence electrons. The molecule has 0 spiro atoms. The summed E-state index contributed by atoms with van der Waals surface area (Å²) in [5.41, 5.74) is 6.14. The van der Waals surface area contributed by atoms with Crippen LogP contribution >= 0.6 is 24.0 Å². The number of nitrogens with zero attached hydrogens (tertiary/aromatic N) is 1. The second-order valence-corrected chi connectivity index (χ2v) is 5.87. The molecule has 2 rings (SSSR count). The van der Waals surface area contributed by atoms with Gasteiger partial charge >= 0.3 is 5.97 Å². The van der Waals surface area contributed by atoms with Gasteiger partial charge < -0.3 is 21.1 Å². The highest BCUT2D eigenvalue weighted by atomic mass is 32.2. The van der Waals surface area contributed by atoms with Crippen molar-refractivity contribution in [1.82, 2.24) is 5.32 Å². The lowest BCUT2D eigenvalue weighted by Gasteiger charge is -2.14. The molecule has 6 nitrogen and oxygen atoms in total. The standard InChI is InChI=1S/C9H8N2OS.C5H11NO2S/c12-8-6-11(9(13)10-8)7-4-2-1-3-5-7;1-9-3-2-4(6)5(7)8/h1-5H,6H2,(H,10,12,13);4H,2-3,6H2,1H3,(H,7,8). The van der Waals surface area contributed by atoms with E-state index in [0.29, 0.717) is 18.1 Å². The molecule has 22 heavy (non-hydrogen) atoms. The van der Waals surface area contributed by atoms with Crippen molar-refractivity contribution >= 4 is 46.7 Å². The molecular weight excluding hydrogens is 322 g/mol. The number of nitrogens with two attached hydrogens (primary N) is 1. The minimum absolute atomic E-state index is 0.0474. The van der Waals surface area contributed by atoms with Gasteiger partial charge in [-0.25, -0.2) is 0 Å². The normalized spacial score (nSPS) is 14.9. The second-order valence-electron chi connectivity index (χ2n) is 4.50. The van der Waals surface area contributed by atoms with E-state index < -0.39 is 12.0 Å². The number of rotatable bonds is 5. The van der Waals surface area contributed by atoms with Gasteiger partial charge in [0.15, 0.2) is 5.11 Å². The molecule has 1 aromatic carbocycles. The average Bonchev–Trinajstić information content (AvgIpc) is 2.85. The van der Waals surface area contributed by atoms with E-state index in [-0.39, 0.29) is 5.91 Å². The van der Waals surface area contributed by atoms with E-state index in [9.17, 15) is 9.59 Å². The number of nitrogens with one attached hydrogen (secondary N) is 1. The number of carbonyl (C=O) groups excluding carboxylic acids is 1. The Morgan fingerprint density at radius 2 is 2.14 bits per heavy atom. The third kappa shape index (κ3) is 6.00. The first kappa shape index (κ1) is 18.4. The molecule has 1 fully saturated rings. The Balaban J connectivity index is 0.000000239. The summed E-state index contributed by atoms with van der Waals surface area (Å²) in [6, 6.07) is 8.93. The first-order chi connectivity index (χ1) is 10.5. The summed E-state index contributed by atoms with van der Waals surface area (Å²) in [4.78, 5) is 22.8. The monoisotopic (exact) mass is 341 g/mol. The third-order valence-electron chi connectivity index (χ3n) is 2.81. The zero-order valence-electron chi connectivity index (χ0n) is 12.2. The molecule has 1 unspecified atom stereocenters. The number of amides is 1. The van der Waals surface area contributed by atoms with Gasteiger partial charge in [-0.15, -0.1) is 0 Å². The minimum Gasteiger partial charge on any atom is -0.480 e. The fourth-order valence-corrected chi connectivity index (χ4v) is 2.40. The van der Waals surface area contributed by atoms with Crippen molar-refractivity contribution in [2.45, 2.75) is 12.5 Å². The second kappa shape index (κ2) is 9.39. The van der Waals surface area contributed by atoms with Crippen LogP contribution in [0, 0.1) is 0 Å². The first-order valence-electron chi connectivity index (χ1n) is 6.59. The zero-order valence-corrected chi connectivity index (χ0v) is 13.8. The molecule has 1 heterocycles. The Morgan fingerprint density at radius 1 is 1.50 bits per heavy atom. The van der Waals surface area contributed by atoms with Crippen molar-refractivity contribution in [3.8, 4) is 0 Å². The summed E-state index contributed by atoms with van der Waals surface area (Å²) in [6.45, 7) is 0.322. The molecular formula is C14H19N3O3S2. The molecule has 1 aliphatic heterocycles. The maximum absolute atomic E-state index is 11.0. The maximum atomic E-state index is 11.0. The number of carboxylic acid groups (broad SMARTS) is 1. The molecule has 0 bridgehead atoms. The molecule has 4 N–H and O–H groups in total. The van der Waals surface area contributed by atoms with Gasteiger partial charge in [-0.1, -0.05) is 18.2 Å². The number of hydrogen-bond acceptors (Lipinski definition) is 5. The van der Waals surface area contributed by atoms with Gasteiger partial charge in [0.2, 0.25) is 5.91 Å². The highest BCUT2D eigenvalue weighted by molar-refractivity contribution is 7.98. The Morgan fingerprint density at radius 3 is 2.59 bits per heavy atom. The van der Waals surface area contributed by atoms with Gasteiger partial charge in [0.25, 0.3) is 0 Å². The van der Waals surface area contributed by atoms with Gasteiger partial charge in [-0.05, 0) is 42.8 Å². The van der Waals surface area contributed by atoms with E-state index in [4.69, 9.17) is 23.1 Å². The first-order valence-corrected chi connectivity index (χ1v) is 8.39. The van der Waals surface area contributed by atoms with E-state index in [1.165, 1.54) is 0 Å². The van der Waals surface area contributed by atoms with Crippen LogP contribution in [0.25, 0.3) is 0 Å². The lowest BCUT2D eigenvalue weighted by Crippen LogP contribution is -2.30. The van der Waals surface area contributed by atoms with Gasteiger partial charge in [0.1, 0.15) is 12.6 Å². The fourth-order valence-electron chi connectivity index (χ4n) is 1.63. The number of aliphatic carboxylic acids is 1. The number of para-hydroxylation sites is 1. The molecule has 1 saturated heterocycles. The molecule has 1 atom stereocenters. The summed E-state index contributed by atoms with van der Waals surface area (Å²) >= 11 is 6.60. The van der Waals surface area contributed by atoms with E-state index in [2.05, 4.69) is 5.32 Å². The summed E-state index contributed by atoms with van der Waals surface area (Å²) < 4.78 is 0. The lowest BCUT2D eigenvalue weighted by atomic mass is 10.2. The van der Waals surface area contributed by atoms with Crippen LogP contribution in [0.15, 0.2) is 30.3 Å². The molecule has 8 heteroatoms. The fraction of sp³-hybridized carbons (Fsp3) is 0.357. The average molecular weight is 341 g/mol. The Labute approximate surface area is 139 Å². The van der Waals surface area contributed by atoms with Gasteiger partial charge in [-0.3, -0.25) is 9.59 Å². The maximum Gasteiger partial charge on any atom is 0.320 e. The Bertz CT molecular complexity index is 525. The van der Waals surface area contributed by atoms with Gasteiger partial charge in [-0.2, -0.15) is 11.8 Å². The van der Waals surface area contributed by atoms with Crippen molar-refractivity contribution in [3.63, 3.8) is 0 Å². The van der Waals surface area contributed by atoms with Crippen LogP contribution in [0.4, 0.5) is 5.69 Å². The van der Waals surface area contributed by atoms with Crippen LogP contribution in [-0.4, -0.2) is 46.7 Å². The van der Waals surface area contributed by atoms with Crippen molar-refractivity contribution in [2.24, 2.45) is 5.73 Å². The summed E-state index contributed by atoms with van der Waals surface area (Å²) in [5.74, 6) is -0.147. The molecule has 0 saturated carbocycles. The van der Waals surface area contributed by atoms with Gasteiger partial charge in [0.05, 0.1) is 0 Å². The van der Waals surface area contributed by atoms with Crippen LogP contribution in [0.2, 0.25) is 0 Å². The predicted octanol–water partition coefficient (Wildman–Crippen LogP) is 1.06. The number of thioether (sulfide) groups is 1. The molecule has 1 amide bonds. The number of benzene rings is 1. The zero-order chi connectivity index (χ0) is 16.5. The van der Waals surface area contributed by atoms with E-state index in [1.54, 1.807) is 16.7 Å². The topological polar surface area (TPSA) is 95.7 Å². The van der Waals surface area contributed by atoms with Crippen LogP contribution in [0.1, 0.15) is 6.42 Å². The number of anilines is 1. The highest BCUT2D eigenvalue weighted by Gasteiger charge is 2.23. The Hall–Kier alpha value is -1.64. The molecule has 0 aliphatic carbocycles. The van der Waals surface area contributed by atoms with E-state index in [0.717, 1.165) is 11.4 Å². The number of carbonyl (C=O) groups is 2. The summed E-state index contributed by atoms with van der Waals surface area (Å²) in [6.07, 6.45) is 2.48. The van der Waals surface area contributed by atoms with Crippen molar-refractivity contribution in [3.05, 3.63) is 30.3 Å². The minimum atomic E-state index is -0.913. The van der Waals surface area contributed by atoms with Crippen molar-refractivity contribution in [1.29, 1.82) is 0 Å². The quantitative estimate of drug-likeness (QED) is 0.689. The molecule has 1 aliphatic rings. The summed E-state index contributed by atoms with van der Waals surface area (Å²) in [5, 5.41) is 11.3.